The van der Waals surface area contributed by atoms with E-state index in [4.69, 9.17) is 5.73 Å². The average Bonchev–Trinajstić information content (AvgIpc) is 2.53. The summed E-state index contributed by atoms with van der Waals surface area (Å²) in [6.07, 6.45) is -1.22. The summed E-state index contributed by atoms with van der Waals surface area (Å²) in [6, 6.07) is 2.65. The lowest BCUT2D eigenvalue weighted by Crippen LogP contribution is -2.42. The zero-order chi connectivity index (χ0) is 17.0. The van der Waals surface area contributed by atoms with Crippen LogP contribution in [0.2, 0.25) is 0 Å². The summed E-state index contributed by atoms with van der Waals surface area (Å²) in [7, 11) is 0. The Labute approximate surface area is 130 Å². The third-order valence-electron chi connectivity index (χ3n) is 3.54. The highest BCUT2D eigenvalue weighted by molar-refractivity contribution is 5.94. The van der Waals surface area contributed by atoms with E-state index in [0.29, 0.717) is 25.9 Å². The molecule has 0 aromatic carbocycles. The zero-order valence-electron chi connectivity index (χ0n) is 12.2. The van der Waals surface area contributed by atoms with Crippen LogP contribution in [0, 0.1) is 0 Å². The molecule has 0 atom stereocenters. The van der Waals surface area contributed by atoms with E-state index in [1.165, 1.54) is 18.3 Å². The summed E-state index contributed by atoms with van der Waals surface area (Å²) in [4.78, 5) is 17.5. The first-order chi connectivity index (χ1) is 10.8. The van der Waals surface area contributed by atoms with Crippen LogP contribution in [0.1, 0.15) is 23.2 Å². The second-order valence-corrected chi connectivity index (χ2v) is 5.37. The molecule has 0 spiro atoms. The fraction of sp³-hybridized carbons (Fsp3) is 0.571. The van der Waals surface area contributed by atoms with Crippen molar-refractivity contribution in [2.24, 2.45) is 5.73 Å². The smallest absolute Gasteiger partial charge is 0.340 e. The van der Waals surface area contributed by atoms with Crippen molar-refractivity contribution in [2.45, 2.75) is 31.2 Å². The van der Waals surface area contributed by atoms with E-state index < -0.39 is 19.0 Å². The summed E-state index contributed by atoms with van der Waals surface area (Å²) in [5, 5.41) is 0. The first-order valence-corrected chi connectivity index (χ1v) is 7.09. The summed E-state index contributed by atoms with van der Waals surface area (Å²) in [6.45, 7) is -0.396. The molecule has 2 rings (SSSR count). The van der Waals surface area contributed by atoms with Gasteiger partial charge in [-0.05, 0) is 18.9 Å². The van der Waals surface area contributed by atoms with Crippen molar-refractivity contribution in [3.05, 3.63) is 23.9 Å². The molecule has 0 unspecified atom stereocenters. The van der Waals surface area contributed by atoms with E-state index in [-0.39, 0.29) is 23.4 Å². The number of carbonyl (C=O) groups is 1. The lowest BCUT2D eigenvalue weighted by Gasteiger charge is -2.30. The van der Waals surface area contributed by atoms with Crippen LogP contribution in [0.15, 0.2) is 18.3 Å². The molecule has 0 bridgehead atoms. The molecule has 1 amide bonds. The summed E-state index contributed by atoms with van der Waals surface area (Å²) < 4.78 is 54.0. The fourth-order valence-corrected chi connectivity index (χ4v) is 2.11. The highest BCUT2D eigenvalue weighted by Gasteiger charge is 2.41. The topological polar surface area (TPSA) is 68.5 Å². The standard InChI is InChI=1S/C14H17F4N3O2/c15-13(16)14(17,18)8-23-11-2-1-9(7-20-11)12(22)21-5-3-10(19)4-6-21/h1-2,7,10,13H,3-6,8,19H2. The molecule has 0 radical (unpaired) electrons. The first-order valence-electron chi connectivity index (χ1n) is 7.09. The van der Waals surface area contributed by atoms with Crippen molar-refractivity contribution in [1.29, 1.82) is 0 Å². The number of aromatic nitrogens is 1. The number of nitrogens with two attached hydrogens (primary N) is 1. The highest BCUT2D eigenvalue weighted by Crippen LogP contribution is 2.23. The van der Waals surface area contributed by atoms with Gasteiger partial charge in [-0.2, -0.15) is 8.78 Å². The number of rotatable bonds is 5. The number of alkyl halides is 4. The van der Waals surface area contributed by atoms with Crippen LogP contribution in [0.4, 0.5) is 17.6 Å². The van der Waals surface area contributed by atoms with Gasteiger partial charge in [0.15, 0.2) is 6.61 Å². The maximum absolute atomic E-state index is 12.7. The van der Waals surface area contributed by atoms with E-state index in [9.17, 15) is 22.4 Å². The van der Waals surface area contributed by atoms with E-state index in [1.807, 2.05) is 0 Å². The zero-order valence-corrected chi connectivity index (χ0v) is 12.2. The van der Waals surface area contributed by atoms with Crippen LogP contribution in [0.25, 0.3) is 0 Å². The molecule has 1 saturated heterocycles. The second-order valence-electron chi connectivity index (χ2n) is 5.37. The quantitative estimate of drug-likeness (QED) is 0.835. The number of hydrogen-bond acceptors (Lipinski definition) is 4. The van der Waals surface area contributed by atoms with Crippen molar-refractivity contribution in [3.63, 3.8) is 0 Å². The Kier molecular flexibility index (Phi) is 5.40. The van der Waals surface area contributed by atoms with Gasteiger partial charge in [0, 0.05) is 31.4 Å². The SMILES string of the molecule is NC1CCN(C(=O)c2ccc(OCC(F)(F)C(F)F)nc2)CC1. The van der Waals surface area contributed by atoms with Crippen molar-refractivity contribution >= 4 is 5.91 Å². The molecule has 1 aromatic rings. The summed E-state index contributed by atoms with van der Waals surface area (Å²) >= 11 is 0. The summed E-state index contributed by atoms with van der Waals surface area (Å²) in [5.41, 5.74) is 6.04. The first kappa shape index (κ1) is 17.5. The van der Waals surface area contributed by atoms with Crippen LogP contribution in [0.3, 0.4) is 0 Å². The number of halogens is 4. The van der Waals surface area contributed by atoms with Crippen molar-refractivity contribution in [3.8, 4) is 5.88 Å². The lowest BCUT2D eigenvalue weighted by molar-refractivity contribution is -0.148. The van der Waals surface area contributed by atoms with Gasteiger partial charge in [0.25, 0.3) is 5.91 Å². The maximum Gasteiger partial charge on any atom is 0.340 e. The van der Waals surface area contributed by atoms with Gasteiger partial charge in [-0.3, -0.25) is 4.79 Å². The molecule has 128 valence electrons. The van der Waals surface area contributed by atoms with Gasteiger partial charge >= 0.3 is 12.3 Å². The molecule has 1 fully saturated rings. The number of piperidine rings is 1. The molecule has 0 saturated carbocycles. The van der Waals surface area contributed by atoms with Crippen LogP contribution in [-0.2, 0) is 0 Å². The Balaban J connectivity index is 1.93. The fourth-order valence-electron chi connectivity index (χ4n) is 2.11. The van der Waals surface area contributed by atoms with Crippen LogP contribution in [0.5, 0.6) is 5.88 Å². The number of ether oxygens (including phenoxy) is 1. The predicted octanol–water partition coefficient (Wildman–Crippen LogP) is 1.92. The predicted molar refractivity (Wildman–Crippen MR) is 73.8 cm³/mol. The van der Waals surface area contributed by atoms with Crippen LogP contribution < -0.4 is 10.5 Å². The van der Waals surface area contributed by atoms with Gasteiger partial charge in [-0.25, -0.2) is 13.8 Å². The van der Waals surface area contributed by atoms with E-state index in [1.54, 1.807) is 4.90 Å². The van der Waals surface area contributed by atoms with Crippen molar-refractivity contribution in [1.82, 2.24) is 9.88 Å². The van der Waals surface area contributed by atoms with Gasteiger partial charge in [0.05, 0.1) is 5.56 Å². The Hall–Kier alpha value is -1.90. The molecular formula is C14H17F4N3O2. The average molecular weight is 335 g/mol. The minimum atomic E-state index is -4.25. The molecule has 23 heavy (non-hydrogen) atoms. The Morgan fingerprint density at radius 3 is 2.57 bits per heavy atom. The minimum Gasteiger partial charge on any atom is -0.471 e. The number of nitrogens with zero attached hydrogens (tertiary/aromatic N) is 2. The number of amides is 1. The molecule has 9 heteroatoms. The lowest BCUT2D eigenvalue weighted by atomic mass is 10.1. The van der Waals surface area contributed by atoms with Crippen LogP contribution >= 0.6 is 0 Å². The van der Waals surface area contributed by atoms with Gasteiger partial charge in [-0.15, -0.1) is 0 Å². The van der Waals surface area contributed by atoms with Gasteiger partial charge < -0.3 is 15.4 Å². The molecule has 1 aliphatic heterocycles. The number of hydrogen-bond donors (Lipinski definition) is 1. The normalized spacial score (nSPS) is 16.7. The van der Waals surface area contributed by atoms with Crippen molar-refractivity contribution < 1.29 is 27.1 Å². The number of likely N-dealkylation sites (tertiary alicyclic amines) is 1. The van der Waals surface area contributed by atoms with Gasteiger partial charge in [-0.1, -0.05) is 0 Å². The van der Waals surface area contributed by atoms with Gasteiger partial charge in [0.2, 0.25) is 5.88 Å². The molecule has 0 aliphatic carbocycles. The molecule has 2 heterocycles. The van der Waals surface area contributed by atoms with Crippen molar-refractivity contribution in [2.75, 3.05) is 19.7 Å². The number of pyridine rings is 1. The Morgan fingerprint density at radius 2 is 2.04 bits per heavy atom. The van der Waals surface area contributed by atoms with E-state index in [0.717, 1.165) is 0 Å². The molecule has 1 aliphatic rings. The summed E-state index contributed by atoms with van der Waals surface area (Å²) in [5.74, 6) is -4.74. The third kappa shape index (κ3) is 4.54. The van der Waals surface area contributed by atoms with Crippen LogP contribution in [-0.4, -0.2) is 53.9 Å². The minimum absolute atomic E-state index is 0.0875. The largest absolute Gasteiger partial charge is 0.471 e. The van der Waals surface area contributed by atoms with Gasteiger partial charge in [0.1, 0.15) is 0 Å². The van der Waals surface area contributed by atoms with E-state index in [2.05, 4.69) is 9.72 Å². The highest BCUT2D eigenvalue weighted by atomic mass is 19.3. The second kappa shape index (κ2) is 7.12. The molecule has 1 aromatic heterocycles. The monoisotopic (exact) mass is 335 g/mol. The molecule has 2 N–H and O–H groups in total. The number of carbonyl (C=O) groups excluding carboxylic acids is 1. The molecular weight excluding hydrogens is 318 g/mol. The molecule has 5 nitrogen and oxygen atoms in total. The third-order valence-corrected chi connectivity index (χ3v) is 3.54. The maximum atomic E-state index is 12.7. The van der Waals surface area contributed by atoms with E-state index >= 15 is 0 Å². The Bertz CT molecular complexity index is 531. The Morgan fingerprint density at radius 1 is 1.39 bits per heavy atom.